The fourth-order valence-electron chi connectivity index (χ4n) is 0.907. The van der Waals surface area contributed by atoms with Gasteiger partial charge in [-0.2, -0.15) is 0 Å². The Balaban J connectivity index is 2.88. The Bertz CT molecular complexity index is 210. The van der Waals surface area contributed by atoms with Crippen LogP contribution in [0.2, 0.25) is 0 Å². The Labute approximate surface area is 67.2 Å². The number of rotatable bonds is 0. The van der Waals surface area contributed by atoms with Crippen LogP contribution in [0.3, 0.4) is 0 Å². The lowest BCUT2D eigenvalue weighted by molar-refractivity contribution is -0.151. The predicted molar refractivity (Wildman–Crippen MR) is 43.1 cm³/mol. The number of ether oxygens (including phenoxy) is 1. The second kappa shape index (κ2) is 2.10. The highest BCUT2D eigenvalue weighted by atomic mass is 16.6. The minimum Gasteiger partial charge on any atom is -0.451 e. The zero-order valence-electron chi connectivity index (χ0n) is 7.47. The maximum absolute atomic E-state index is 10.8. The molecule has 1 atom stereocenters. The van der Waals surface area contributed by atoms with Crippen LogP contribution in [-0.2, 0) is 9.53 Å². The third kappa shape index (κ3) is 1.30. The van der Waals surface area contributed by atoms with E-state index in [-0.39, 0.29) is 11.4 Å². The van der Waals surface area contributed by atoms with Crippen molar-refractivity contribution in [3.8, 4) is 0 Å². The van der Waals surface area contributed by atoms with Crippen LogP contribution in [0.25, 0.3) is 0 Å². The number of esters is 1. The molecule has 0 unspecified atom stereocenters. The highest BCUT2D eigenvalue weighted by molar-refractivity contribution is 5.85. The van der Waals surface area contributed by atoms with Crippen molar-refractivity contribution in [3.05, 3.63) is 12.2 Å². The SMILES string of the molecule is CC(C)(C)[C@@]1(C)C=CC(=O)O1. The Morgan fingerprint density at radius 1 is 1.45 bits per heavy atom. The molecule has 2 heteroatoms. The van der Waals surface area contributed by atoms with Crippen LogP contribution in [0.1, 0.15) is 27.7 Å². The summed E-state index contributed by atoms with van der Waals surface area (Å²) in [6, 6.07) is 0. The lowest BCUT2D eigenvalue weighted by atomic mass is 9.78. The Kier molecular flexibility index (Phi) is 1.58. The molecule has 1 rings (SSSR count). The highest BCUT2D eigenvalue weighted by Crippen LogP contribution is 2.37. The quantitative estimate of drug-likeness (QED) is 0.498. The Morgan fingerprint density at radius 2 is 2.00 bits per heavy atom. The van der Waals surface area contributed by atoms with Crippen LogP contribution in [0.4, 0.5) is 0 Å². The van der Waals surface area contributed by atoms with Gasteiger partial charge in [0.2, 0.25) is 0 Å². The number of hydrogen-bond acceptors (Lipinski definition) is 2. The monoisotopic (exact) mass is 154 g/mol. The molecule has 0 aliphatic carbocycles. The van der Waals surface area contributed by atoms with Gasteiger partial charge < -0.3 is 4.74 Å². The molecule has 0 saturated carbocycles. The van der Waals surface area contributed by atoms with E-state index in [1.54, 1.807) is 0 Å². The van der Waals surface area contributed by atoms with E-state index in [2.05, 4.69) is 20.8 Å². The van der Waals surface area contributed by atoms with Gasteiger partial charge in [-0.15, -0.1) is 0 Å². The van der Waals surface area contributed by atoms with Crippen LogP contribution in [0.5, 0.6) is 0 Å². The second-order valence-corrected chi connectivity index (χ2v) is 4.11. The first kappa shape index (κ1) is 8.31. The van der Waals surface area contributed by atoms with Gasteiger partial charge in [0.1, 0.15) is 5.60 Å². The zero-order valence-corrected chi connectivity index (χ0v) is 7.47. The minimum atomic E-state index is -0.427. The molecule has 0 fully saturated rings. The molecular formula is C9H14O2. The average Bonchev–Trinajstić information content (AvgIpc) is 2.10. The van der Waals surface area contributed by atoms with Crippen LogP contribution in [0, 0.1) is 5.41 Å². The number of cyclic esters (lactones) is 1. The van der Waals surface area contributed by atoms with Crippen molar-refractivity contribution in [1.82, 2.24) is 0 Å². The molecule has 62 valence electrons. The van der Waals surface area contributed by atoms with Gasteiger partial charge >= 0.3 is 5.97 Å². The van der Waals surface area contributed by atoms with Crippen molar-refractivity contribution < 1.29 is 9.53 Å². The standard InChI is InChI=1S/C9H14O2/c1-8(2,3)9(4)6-5-7(10)11-9/h5-6H,1-4H3/t9-/m1/s1. The van der Waals surface area contributed by atoms with Gasteiger partial charge in [-0.1, -0.05) is 20.8 Å². The fourth-order valence-corrected chi connectivity index (χ4v) is 0.907. The zero-order chi connectivity index (χ0) is 8.70. The predicted octanol–water partition coefficient (Wildman–Crippen LogP) is 1.90. The maximum atomic E-state index is 10.8. The molecule has 11 heavy (non-hydrogen) atoms. The molecular weight excluding hydrogens is 140 g/mol. The molecule has 0 saturated heterocycles. The molecule has 0 radical (unpaired) electrons. The summed E-state index contributed by atoms with van der Waals surface area (Å²) < 4.78 is 5.16. The Hall–Kier alpha value is -0.790. The van der Waals surface area contributed by atoms with Crippen molar-refractivity contribution in [2.75, 3.05) is 0 Å². The normalized spacial score (nSPS) is 30.7. The summed E-state index contributed by atoms with van der Waals surface area (Å²) >= 11 is 0. The minimum absolute atomic E-state index is 0.0321. The molecule has 0 N–H and O–H groups in total. The second-order valence-electron chi connectivity index (χ2n) is 4.11. The van der Waals surface area contributed by atoms with E-state index in [0.717, 1.165) is 0 Å². The lowest BCUT2D eigenvalue weighted by Crippen LogP contribution is -2.38. The van der Waals surface area contributed by atoms with E-state index in [9.17, 15) is 4.79 Å². The smallest absolute Gasteiger partial charge is 0.331 e. The Morgan fingerprint density at radius 3 is 2.18 bits per heavy atom. The molecule has 0 aromatic heterocycles. The lowest BCUT2D eigenvalue weighted by Gasteiger charge is -2.35. The van der Waals surface area contributed by atoms with Crippen LogP contribution in [-0.4, -0.2) is 11.6 Å². The van der Waals surface area contributed by atoms with Gasteiger partial charge in [-0.25, -0.2) is 4.79 Å². The summed E-state index contributed by atoms with van der Waals surface area (Å²) in [5.41, 5.74) is -0.459. The van der Waals surface area contributed by atoms with Crippen molar-refractivity contribution in [3.63, 3.8) is 0 Å². The largest absolute Gasteiger partial charge is 0.451 e. The summed E-state index contributed by atoms with van der Waals surface area (Å²) in [6.07, 6.45) is 3.32. The summed E-state index contributed by atoms with van der Waals surface area (Å²) in [5, 5.41) is 0. The van der Waals surface area contributed by atoms with Crippen LogP contribution >= 0.6 is 0 Å². The maximum Gasteiger partial charge on any atom is 0.331 e. The molecule has 1 aliphatic heterocycles. The van der Waals surface area contributed by atoms with E-state index in [4.69, 9.17) is 4.74 Å². The summed E-state index contributed by atoms with van der Waals surface area (Å²) in [5.74, 6) is -0.234. The van der Waals surface area contributed by atoms with E-state index < -0.39 is 5.60 Å². The summed E-state index contributed by atoms with van der Waals surface area (Å²) in [7, 11) is 0. The number of carbonyl (C=O) groups is 1. The van der Waals surface area contributed by atoms with Crippen LogP contribution < -0.4 is 0 Å². The first-order valence-electron chi connectivity index (χ1n) is 3.77. The van der Waals surface area contributed by atoms with Crippen LogP contribution in [0.15, 0.2) is 12.2 Å². The molecule has 1 aliphatic rings. The van der Waals surface area contributed by atoms with Gasteiger partial charge in [0.25, 0.3) is 0 Å². The summed E-state index contributed by atoms with van der Waals surface area (Å²) in [4.78, 5) is 10.8. The third-order valence-electron chi connectivity index (χ3n) is 2.34. The van der Waals surface area contributed by atoms with E-state index in [1.807, 2.05) is 13.0 Å². The summed E-state index contributed by atoms with van der Waals surface area (Å²) in [6.45, 7) is 8.08. The number of hydrogen-bond donors (Lipinski definition) is 0. The van der Waals surface area contributed by atoms with Gasteiger partial charge in [0.05, 0.1) is 0 Å². The average molecular weight is 154 g/mol. The van der Waals surface area contributed by atoms with Gasteiger partial charge in [0.15, 0.2) is 0 Å². The van der Waals surface area contributed by atoms with E-state index in [0.29, 0.717) is 0 Å². The molecule has 0 amide bonds. The van der Waals surface area contributed by atoms with Gasteiger partial charge in [-0.3, -0.25) is 0 Å². The highest BCUT2D eigenvalue weighted by Gasteiger charge is 2.41. The topological polar surface area (TPSA) is 26.3 Å². The molecule has 0 bridgehead atoms. The third-order valence-corrected chi connectivity index (χ3v) is 2.34. The van der Waals surface area contributed by atoms with E-state index >= 15 is 0 Å². The molecule has 0 spiro atoms. The molecule has 0 aromatic carbocycles. The number of carbonyl (C=O) groups excluding carboxylic acids is 1. The van der Waals surface area contributed by atoms with Crippen molar-refractivity contribution in [2.24, 2.45) is 5.41 Å². The molecule has 0 aromatic rings. The van der Waals surface area contributed by atoms with Crippen molar-refractivity contribution >= 4 is 5.97 Å². The van der Waals surface area contributed by atoms with E-state index in [1.165, 1.54) is 6.08 Å². The molecule has 2 nitrogen and oxygen atoms in total. The van der Waals surface area contributed by atoms with Gasteiger partial charge in [0, 0.05) is 11.5 Å². The van der Waals surface area contributed by atoms with Crippen molar-refractivity contribution in [2.45, 2.75) is 33.3 Å². The van der Waals surface area contributed by atoms with Crippen molar-refractivity contribution in [1.29, 1.82) is 0 Å². The first-order chi connectivity index (χ1) is 4.85. The molecule has 1 heterocycles. The van der Waals surface area contributed by atoms with Gasteiger partial charge in [-0.05, 0) is 13.0 Å². The first-order valence-corrected chi connectivity index (χ1v) is 3.77. The fraction of sp³-hybridized carbons (Fsp3) is 0.667.